The second-order valence-electron chi connectivity index (χ2n) is 5.19. The molecule has 0 aliphatic carbocycles. The fourth-order valence-corrected chi connectivity index (χ4v) is 1.79. The molecule has 0 aromatic heterocycles. The molecule has 134 valence electrons. The van der Waals surface area contributed by atoms with Crippen molar-refractivity contribution in [3.8, 4) is 0 Å². The van der Waals surface area contributed by atoms with Crippen LogP contribution in [0, 0.1) is 11.6 Å². The fraction of sp³-hybridized carbons (Fsp3) is 0.111. The summed E-state index contributed by atoms with van der Waals surface area (Å²) < 4.78 is 25.5. The lowest BCUT2D eigenvalue weighted by Gasteiger charge is -2.00. The van der Waals surface area contributed by atoms with E-state index in [-0.39, 0.29) is 24.5 Å². The zero-order valence-corrected chi connectivity index (χ0v) is 13.7. The van der Waals surface area contributed by atoms with E-state index in [1.807, 2.05) is 0 Å². The topological polar surface area (TPSA) is 82.9 Å². The molecule has 0 fully saturated rings. The number of rotatable bonds is 7. The summed E-state index contributed by atoms with van der Waals surface area (Å²) in [7, 11) is 0. The Balaban J connectivity index is 1.67. The minimum absolute atomic E-state index is 0.0708. The number of benzene rings is 2. The highest BCUT2D eigenvalue weighted by molar-refractivity contribution is 5.86. The Morgan fingerprint density at radius 1 is 0.731 bits per heavy atom. The molecule has 2 aromatic rings. The van der Waals surface area contributed by atoms with E-state index in [1.165, 1.54) is 61.0 Å². The number of nitrogens with zero attached hydrogens (tertiary/aromatic N) is 2. The third-order valence-corrected chi connectivity index (χ3v) is 3.12. The van der Waals surface area contributed by atoms with Crippen molar-refractivity contribution in [2.24, 2.45) is 10.2 Å². The van der Waals surface area contributed by atoms with E-state index in [4.69, 9.17) is 0 Å². The van der Waals surface area contributed by atoms with Crippen molar-refractivity contribution in [2.45, 2.75) is 12.8 Å². The van der Waals surface area contributed by atoms with E-state index >= 15 is 0 Å². The van der Waals surface area contributed by atoms with Crippen LogP contribution in [0.15, 0.2) is 58.7 Å². The number of amides is 2. The van der Waals surface area contributed by atoms with Gasteiger partial charge in [-0.1, -0.05) is 24.3 Å². The van der Waals surface area contributed by atoms with Crippen molar-refractivity contribution in [3.05, 3.63) is 71.3 Å². The molecule has 2 rings (SSSR count). The molecular weight excluding hydrogens is 342 g/mol. The molecule has 0 bridgehead atoms. The minimum Gasteiger partial charge on any atom is -0.273 e. The molecule has 0 saturated heterocycles. The first-order valence-electron chi connectivity index (χ1n) is 7.68. The summed E-state index contributed by atoms with van der Waals surface area (Å²) in [4.78, 5) is 23.2. The van der Waals surface area contributed by atoms with Gasteiger partial charge in [-0.25, -0.2) is 19.6 Å². The predicted molar refractivity (Wildman–Crippen MR) is 93.5 cm³/mol. The minimum atomic E-state index is -0.443. The summed E-state index contributed by atoms with van der Waals surface area (Å²) in [6.07, 6.45) is 2.59. The van der Waals surface area contributed by atoms with E-state index in [0.29, 0.717) is 11.1 Å². The van der Waals surface area contributed by atoms with Crippen LogP contribution in [-0.4, -0.2) is 24.2 Å². The summed E-state index contributed by atoms with van der Waals surface area (Å²) in [5.41, 5.74) is 5.79. The molecule has 0 aliphatic rings. The molecular formula is C18H16F2N4O2. The molecule has 0 atom stereocenters. The molecule has 2 N–H and O–H groups in total. The maximum atomic E-state index is 12.7. The number of hydrogen-bond donors (Lipinski definition) is 2. The summed E-state index contributed by atoms with van der Waals surface area (Å²) in [5.74, 6) is -1.61. The number of nitrogens with one attached hydrogen (secondary N) is 2. The molecule has 2 amide bonds. The van der Waals surface area contributed by atoms with Crippen LogP contribution in [0.2, 0.25) is 0 Å². The molecule has 6 nitrogen and oxygen atoms in total. The fourth-order valence-electron chi connectivity index (χ4n) is 1.79. The molecule has 0 aliphatic heterocycles. The monoisotopic (exact) mass is 358 g/mol. The van der Waals surface area contributed by atoms with E-state index in [9.17, 15) is 18.4 Å². The Bertz CT molecular complexity index is 733. The molecule has 8 heteroatoms. The highest BCUT2D eigenvalue weighted by atomic mass is 19.1. The maximum Gasteiger partial charge on any atom is 0.240 e. The van der Waals surface area contributed by atoms with Crippen LogP contribution in [0.25, 0.3) is 0 Å². The lowest BCUT2D eigenvalue weighted by Crippen LogP contribution is -2.22. The average Bonchev–Trinajstić information content (AvgIpc) is 2.63. The normalized spacial score (nSPS) is 11.0. The van der Waals surface area contributed by atoms with Crippen LogP contribution in [-0.2, 0) is 9.59 Å². The van der Waals surface area contributed by atoms with Crippen LogP contribution in [0.1, 0.15) is 24.0 Å². The molecule has 0 heterocycles. The zero-order chi connectivity index (χ0) is 18.8. The van der Waals surface area contributed by atoms with E-state index in [1.54, 1.807) is 0 Å². The van der Waals surface area contributed by atoms with Gasteiger partial charge in [-0.3, -0.25) is 9.59 Å². The van der Waals surface area contributed by atoms with Gasteiger partial charge >= 0.3 is 0 Å². The van der Waals surface area contributed by atoms with Crippen LogP contribution in [0.4, 0.5) is 8.78 Å². The molecule has 26 heavy (non-hydrogen) atoms. The Morgan fingerprint density at radius 3 is 1.42 bits per heavy atom. The lowest BCUT2D eigenvalue weighted by molar-refractivity contribution is -0.126. The van der Waals surface area contributed by atoms with Gasteiger partial charge in [0.1, 0.15) is 11.6 Å². The van der Waals surface area contributed by atoms with Crippen LogP contribution < -0.4 is 10.9 Å². The van der Waals surface area contributed by atoms with Gasteiger partial charge in [-0.15, -0.1) is 0 Å². The molecule has 0 radical (unpaired) electrons. The van der Waals surface area contributed by atoms with Crippen LogP contribution in [0.5, 0.6) is 0 Å². The number of hydrazone groups is 2. The quantitative estimate of drug-likeness (QED) is 0.588. The number of carbonyl (C=O) groups is 2. The van der Waals surface area contributed by atoms with Gasteiger partial charge in [0.05, 0.1) is 12.4 Å². The number of carbonyl (C=O) groups excluding carboxylic acids is 2. The van der Waals surface area contributed by atoms with Crippen molar-refractivity contribution < 1.29 is 18.4 Å². The largest absolute Gasteiger partial charge is 0.273 e. The number of halogens is 2. The van der Waals surface area contributed by atoms with Crippen molar-refractivity contribution in [3.63, 3.8) is 0 Å². The molecule has 2 aromatic carbocycles. The van der Waals surface area contributed by atoms with Crippen molar-refractivity contribution in [1.82, 2.24) is 10.9 Å². The maximum absolute atomic E-state index is 12.7. The van der Waals surface area contributed by atoms with Gasteiger partial charge in [-0.2, -0.15) is 10.2 Å². The second-order valence-corrected chi connectivity index (χ2v) is 5.19. The third-order valence-electron chi connectivity index (χ3n) is 3.12. The summed E-state index contributed by atoms with van der Waals surface area (Å²) in [6.45, 7) is 0. The summed E-state index contributed by atoms with van der Waals surface area (Å²) in [5, 5.41) is 7.44. The molecule has 0 unspecified atom stereocenters. The van der Waals surface area contributed by atoms with Crippen molar-refractivity contribution >= 4 is 24.2 Å². The van der Waals surface area contributed by atoms with Crippen LogP contribution in [0.3, 0.4) is 0 Å². The Kier molecular flexibility index (Phi) is 7.11. The van der Waals surface area contributed by atoms with Gasteiger partial charge in [0.15, 0.2) is 0 Å². The van der Waals surface area contributed by atoms with Crippen molar-refractivity contribution in [2.75, 3.05) is 0 Å². The Hall–Kier alpha value is -3.42. The highest BCUT2D eigenvalue weighted by Crippen LogP contribution is 2.00. The predicted octanol–water partition coefficient (Wildman–Crippen LogP) is 2.35. The SMILES string of the molecule is O=C(CCC(=O)N/N=C\c1ccc(F)cc1)N/N=C\c1ccc(F)cc1. The first-order chi connectivity index (χ1) is 12.5. The van der Waals surface area contributed by atoms with E-state index in [2.05, 4.69) is 21.1 Å². The van der Waals surface area contributed by atoms with Gasteiger partial charge in [0.2, 0.25) is 11.8 Å². The number of hydrogen-bond acceptors (Lipinski definition) is 4. The summed E-state index contributed by atoms with van der Waals surface area (Å²) in [6, 6.07) is 11.2. The van der Waals surface area contributed by atoms with Crippen molar-refractivity contribution in [1.29, 1.82) is 0 Å². The lowest BCUT2D eigenvalue weighted by atomic mass is 10.2. The van der Waals surface area contributed by atoms with Crippen LogP contribution >= 0.6 is 0 Å². The molecule has 0 saturated carbocycles. The van der Waals surface area contributed by atoms with Gasteiger partial charge in [0, 0.05) is 12.8 Å². The standard InChI is InChI=1S/C18H16F2N4O2/c19-15-5-1-13(2-6-15)11-21-23-17(25)9-10-18(26)24-22-12-14-3-7-16(20)8-4-14/h1-8,11-12H,9-10H2,(H,23,25)(H,24,26)/b21-11-,22-12-. The first kappa shape index (κ1) is 18.9. The Morgan fingerprint density at radius 2 is 1.08 bits per heavy atom. The average molecular weight is 358 g/mol. The van der Waals surface area contributed by atoms with E-state index in [0.717, 1.165) is 0 Å². The second kappa shape index (κ2) is 9.77. The smallest absolute Gasteiger partial charge is 0.240 e. The molecule has 0 spiro atoms. The summed E-state index contributed by atoms with van der Waals surface area (Å²) >= 11 is 0. The van der Waals surface area contributed by atoms with Gasteiger partial charge < -0.3 is 0 Å². The zero-order valence-electron chi connectivity index (χ0n) is 13.7. The Labute approximate surface area is 148 Å². The third kappa shape index (κ3) is 7.00. The highest BCUT2D eigenvalue weighted by Gasteiger charge is 2.05. The van der Waals surface area contributed by atoms with Gasteiger partial charge in [-0.05, 0) is 35.4 Å². The first-order valence-corrected chi connectivity index (χ1v) is 7.68. The van der Waals surface area contributed by atoms with Gasteiger partial charge in [0.25, 0.3) is 0 Å². The van der Waals surface area contributed by atoms with E-state index < -0.39 is 11.8 Å².